The molecule has 0 atom stereocenters. The molecule has 1 aromatic heterocycles. The van der Waals surface area contributed by atoms with E-state index in [0.717, 1.165) is 29.2 Å². The fourth-order valence-electron chi connectivity index (χ4n) is 3.40. The van der Waals surface area contributed by atoms with Gasteiger partial charge in [-0.05, 0) is 93.0 Å². The number of nitrogens with zero attached hydrogens (tertiary/aromatic N) is 2. The number of halogens is 3. The molecule has 5 rings (SSSR count). The maximum absolute atomic E-state index is 10.3. The highest BCUT2D eigenvalue weighted by atomic mass is 127. The Labute approximate surface area is 210 Å². The van der Waals surface area contributed by atoms with Crippen LogP contribution in [0.15, 0.2) is 76.1 Å². The lowest BCUT2D eigenvalue weighted by atomic mass is 10.0. The van der Waals surface area contributed by atoms with Gasteiger partial charge in [-0.1, -0.05) is 35.9 Å². The van der Waals surface area contributed by atoms with Crippen molar-refractivity contribution in [3.63, 3.8) is 0 Å². The van der Waals surface area contributed by atoms with Crippen LogP contribution >= 0.6 is 56.8 Å². The van der Waals surface area contributed by atoms with Gasteiger partial charge < -0.3 is 9.52 Å². The van der Waals surface area contributed by atoms with E-state index in [0.29, 0.717) is 27.6 Å². The molecule has 31 heavy (non-hydrogen) atoms. The molecule has 5 aromatic rings. The number of oxazole rings is 1. The first-order valence-electron chi connectivity index (χ1n) is 9.30. The summed E-state index contributed by atoms with van der Waals surface area (Å²) in [5.74, 6) is 0.762. The predicted molar refractivity (Wildman–Crippen MR) is 143 cm³/mol. The van der Waals surface area contributed by atoms with Gasteiger partial charge in [-0.2, -0.15) is 0 Å². The van der Waals surface area contributed by atoms with Crippen molar-refractivity contribution in [1.29, 1.82) is 0 Å². The maximum atomic E-state index is 10.3. The number of aromatic hydroxyl groups is 1. The number of fused-ring (bicyclic) bond motifs is 2. The zero-order chi connectivity index (χ0) is 21.5. The minimum atomic E-state index is 0.226. The fourth-order valence-corrected chi connectivity index (χ4v) is 5.53. The average molecular weight is 651 g/mol. The summed E-state index contributed by atoms with van der Waals surface area (Å²) >= 11 is 10.7. The highest BCUT2D eigenvalue weighted by Gasteiger charge is 2.13. The number of hydrogen-bond acceptors (Lipinski definition) is 4. The Bertz CT molecular complexity index is 1490. The Kier molecular flexibility index (Phi) is 5.61. The van der Waals surface area contributed by atoms with Gasteiger partial charge in [-0.3, -0.25) is 4.99 Å². The molecular weight excluding hydrogens is 638 g/mol. The molecule has 0 saturated carbocycles. The number of aliphatic imine (C=N–C) groups is 1. The number of rotatable bonds is 3. The van der Waals surface area contributed by atoms with Gasteiger partial charge in [0.15, 0.2) is 5.58 Å². The van der Waals surface area contributed by atoms with Crippen molar-refractivity contribution in [1.82, 2.24) is 4.98 Å². The smallest absolute Gasteiger partial charge is 0.227 e. The molecule has 152 valence electrons. The maximum Gasteiger partial charge on any atom is 0.227 e. The van der Waals surface area contributed by atoms with Crippen LogP contribution in [0.3, 0.4) is 0 Å². The minimum absolute atomic E-state index is 0.226. The first-order chi connectivity index (χ1) is 15.0. The van der Waals surface area contributed by atoms with Crippen LogP contribution in [-0.4, -0.2) is 16.3 Å². The summed E-state index contributed by atoms with van der Waals surface area (Å²) in [6.45, 7) is 0. The van der Waals surface area contributed by atoms with Gasteiger partial charge in [0.05, 0.1) is 9.26 Å². The van der Waals surface area contributed by atoms with E-state index in [1.54, 1.807) is 6.21 Å². The Morgan fingerprint density at radius 2 is 1.77 bits per heavy atom. The van der Waals surface area contributed by atoms with E-state index in [1.165, 1.54) is 0 Å². The lowest BCUT2D eigenvalue weighted by molar-refractivity contribution is 0.470. The van der Waals surface area contributed by atoms with E-state index in [4.69, 9.17) is 16.0 Å². The van der Waals surface area contributed by atoms with Gasteiger partial charge in [0.25, 0.3) is 0 Å². The van der Waals surface area contributed by atoms with Crippen LogP contribution in [0.4, 0.5) is 5.69 Å². The molecule has 0 bridgehead atoms. The lowest BCUT2D eigenvalue weighted by Crippen LogP contribution is -1.87. The summed E-state index contributed by atoms with van der Waals surface area (Å²) in [5.41, 5.74) is 3.68. The number of phenolic OH excluding ortho intramolecular Hbond substituents is 1. The van der Waals surface area contributed by atoms with E-state index in [1.807, 2.05) is 66.7 Å². The van der Waals surface area contributed by atoms with E-state index in [-0.39, 0.29) is 5.75 Å². The standard InChI is InChI=1S/C24H13ClI2N2O2/c25-19-6-2-3-16-17(19)4-1-5-18(16)24-29-21-11-15(7-8-22(21)31-24)28-12-13-9-14(26)10-20(27)23(13)30/h1-12,30H. The van der Waals surface area contributed by atoms with E-state index >= 15 is 0 Å². The van der Waals surface area contributed by atoms with Crippen molar-refractivity contribution in [3.8, 4) is 17.2 Å². The van der Waals surface area contributed by atoms with Crippen molar-refractivity contribution in [3.05, 3.63) is 84.5 Å². The Morgan fingerprint density at radius 1 is 0.968 bits per heavy atom. The van der Waals surface area contributed by atoms with Crippen LogP contribution in [0.25, 0.3) is 33.3 Å². The molecule has 0 aliphatic rings. The van der Waals surface area contributed by atoms with Crippen LogP contribution in [-0.2, 0) is 0 Å². The van der Waals surface area contributed by atoms with Crippen LogP contribution in [0.5, 0.6) is 5.75 Å². The largest absolute Gasteiger partial charge is 0.506 e. The molecule has 0 saturated heterocycles. The van der Waals surface area contributed by atoms with Gasteiger partial charge >= 0.3 is 0 Å². The van der Waals surface area contributed by atoms with Crippen LogP contribution in [0.2, 0.25) is 5.02 Å². The zero-order valence-electron chi connectivity index (χ0n) is 15.8. The zero-order valence-corrected chi connectivity index (χ0v) is 20.9. The normalized spacial score (nSPS) is 11.7. The molecule has 0 spiro atoms. The molecule has 0 radical (unpaired) electrons. The Hall–Kier alpha value is -2.17. The molecular formula is C24H13ClI2N2O2. The fraction of sp³-hybridized carbons (Fsp3) is 0. The molecule has 4 nitrogen and oxygen atoms in total. The van der Waals surface area contributed by atoms with Crippen LogP contribution in [0.1, 0.15) is 5.56 Å². The molecule has 1 N–H and O–H groups in total. The average Bonchev–Trinajstić information content (AvgIpc) is 3.18. The van der Waals surface area contributed by atoms with Gasteiger partial charge in [0, 0.05) is 31.3 Å². The number of aromatic nitrogens is 1. The summed E-state index contributed by atoms with van der Waals surface area (Å²) in [4.78, 5) is 9.21. The number of hydrogen-bond donors (Lipinski definition) is 1. The second-order valence-corrected chi connectivity index (χ2v) is 9.71. The third kappa shape index (κ3) is 4.04. The lowest BCUT2D eigenvalue weighted by Gasteiger charge is -2.04. The molecule has 1 heterocycles. The van der Waals surface area contributed by atoms with Crippen LogP contribution < -0.4 is 0 Å². The number of benzene rings is 4. The summed E-state index contributed by atoms with van der Waals surface area (Å²) in [7, 11) is 0. The van der Waals surface area contributed by atoms with Gasteiger partial charge in [0.2, 0.25) is 5.89 Å². The summed E-state index contributed by atoms with van der Waals surface area (Å²) < 4.78 is 7.85. The summed E-state index contributed by atoms with van der Waals surface area (Å²) in [6, 6.07) is 21.1. The first-order valence-corrected chi connectivity index (χ1v) is 11.8. The van der Waals surface area contributed by atoms with E-state index < -0.39 is 0 Å². The second kappa shape index (κ2) is 8.40. The van der Waals surface area contributed by atoms with Crippen molar-refractivity contribution in [2.75, 3.05) is 0 Å². The van der Waals surface area contributed by atoms with Gasteiger partial charge in [-0.25, -0.2) is 4.98 Å². The van der Waals surface area contributed by atoms with Crippen molar-refractivity contribution in [2.45, 2.75) is 0 Å². The van der Waals surface area contributed by atoms with Crippen molar-refractivity contribution >= 4 is 90.6 Å². The van der Waals surface area contributed by atoms with Gasteiger partial charge in [-0.15, -0.1) is 0 Å². The minimum Gasteiger partial charge on any atom is -0.506 e. The van der Waals surface area contributed by atoms with E-state index in [9.17, 15) is 5.11 Å². The molecule has 0 unspecified atom stereocenters. The quantitative estimate of drug-likeness (QED) is 0.159. The molecule has 0 amide bonds. The highest BCUT2D eigenvalue weighted by molar-refractivity contribution is 14.1. The third-order valence-electron chi connectivity index (χ3n) is 4.88. The molecule has 0 aliphatic carbocycles. The monoisotopic (exact) mass is 650 g/mol. The first kappa shape index (κ1) is 20.7. The second-order valence-electron chi connectivity index (χ2n) is 6.90. The Balaban J connectivity index is 1.54. The van der Waals surface area contributed by atoms with Crippen LogP contribution in [0, 0.1) is 7.14 Å². The topological polar surface area (TPSA) is 58.6 Å². The van der Waals surface area contributed by atoms with Crippen molar-refractivity contribution in [2.24, 2.45) is 4.99 Å². The summed E-state index contributed by atoms with van der Waals surface area (Å²) in [5, 5.41) is 12.9. The highest BCUT2D eigenvalue weighted by Crippen LogP contribution is 2.34. The molecule has 4 aromatic carbocycles. The SMILES string of the molecule is Oc1c(I)cc(I)cc1C=Nc1ccc2oc(-c3cccc4c(Cl)cccc34)nc2c1. The third-order valence-corrected chi connectivity index (χ3v) is 6.66. The Morgan fingerprint density at radius 3 is 2.65 bits per heavy atom. The van der Waals surface area contributed by atoms with E-state index in [2.05, 4.69) is 55.2 Å². The van der Waals surface area contributed by atoms with Gasteiger partial charge in [0.1, 0.15) is 11.3 Å². The van der Waals surface area contributed by atoms with Crippen molar-refractivity contribution < 1.29 is 9.52 Å². The predicted octanol–water partition coefficient (Wildman–Crippen LogP) is 7.97. The molecule has 7 heteroatoms. The molecule has 0 fully saturated rings. The number of phenols is 1. The molecule has 0 aliphatic heterocycles. The summed E-state index contributed by atoms with van der Waals surface area (Å²) in [6.07, 6.45) is 1.66.